The maximum absolute atomic E-state index is 12.0. The minimum atomic E-state index is -5.03. The molecular formula is C7H6F3N3O4. The molecule has 0 amide bonds. The highest BCUT2D eigenvalue weighted by atomic mass is 19.4. The summed E-state index contributed by atoms with van der Waals surface area (Å²) in [6.45, 7) is -0.633. The van der Waals surface area contributed by atoms with Crippen LogP contribution < -0.4 is 16.0 Å². The number of pyridine rings is 1. The molecule has 0 spiro atoms. The van der Waals surface area contributed by atoms with Gasteiger partial charge in [0.1, 0.15) is 0 Å². The van der Waals surface area contributed by atoms with Gasteiger partial charge >= 0.3 is 17.6 Å². The van der Waals surface area contributed by atoms with E-state index < -0.39 is 40.4 Å². The third kappa shape index (κ3) is 2.93. The average molecular weight is 253 g/mol. The fraction of sp³-hybridized carbons (Fsp3) is 0.286. The second-order valence-electron chi connectivity index (χ2n) is 2.82. The molecule has 94 valence electrons. The van der Waals surface area contributed by atoms with E-state index in [1.165, 1.54) is 0 Å². The lowest BCUT2D eigenvalue weighted by Gasteiger charge is -2.11. The lowest BCUT2D eigenvalue weighted by molar-refractivity contribution is -0.387. The van der Waals surface area contributed by atoms with Crippen molar-refractivity contribution < 1.29 is 22.8 Å². The first-order valence-corrected chi connectivity index (χ1v) is 4.11. The smallest absolute Gasteiger partial charge is 0.404 e. The lowest BCUT2D eigenvalue weighted by atomic mass is 10.2. The highest BCUT2D eigenvalue weighted by molar-refractivity contribution is 5.46. The van der Waals surface area contributed by atoms with E-state index in [1.807, 2.05) is 0 Å². The molecule has 17 heavy (non-hydrogen) atoms. The van der Waals surface area contributed by atoms with Gasteiger partial charge in [0.05, 0.1) is 10.5 Å². The maximum Gasteiger partial charge on any atom is 0.573 e. The predicted molar refractivity (Wildman–Crippen MR) is 48.3 cm³/mol. The Kier molecular flexibility index (Phi) is 3.36. The average Bonchev–Trinajstić information content (AvgIpc) is 2.17. The van der Waals surface area contributed by atoms with Crippen LogP contribution in [-0.4, -0.2) is 16.3 Å². The van der Waals surface area contributed by atoms with Gasteiger partial charge in [-0.05, 0) is 0 Å². The van der Waals surface area contributed by atoms with Gasteiger partial charge in [-0.3, -0.25) is 14.9 Å². The zero-order valence-corrected chi connectivity index (χ0v) is 8.08. The molecule has 10 heteroatoms. The second kappa shape index (κ2) is 4.41. The first-order valence-electron chi connectivity index (χ1n) is 4.11. The Hall–Kier alpha value is -2.10. The topological polar surface area (TPSA) is 111 Å². The van der Waals surface area contributed by atoms with E-state index in [0.29, 0.717) is 6.20 Å². The maximum atomic E-state index is 12.0. The van der Waals surface area contributed by atoms with Gasteiger partial charge in [0, 0.05) is 12.7 Å². The number of rotatable bonds is 3. The third-order valence-electron chi connectivity index (χ3n) is 1.75. The van der Waals surface area contributed by atoms with Crippen LogP contribution in [0.15, 0.2) is 11.0 Å². The molecule has 0 aliphatic heterocycles. The van der Waals surface area contributed by atoms with E-state index in [1.54, 1.807) is 4.98 Å². The van der Waals surface area contributed by atoms with E-state index in [4.69, 9.17) is 5.73 Å². The second-order valence-corrected chi connectivity index (χ2v) is 2.82. The molecule has 1 rings (SSSR count). The SMILES string of the molecule is NCc1c(OC(F)(F)F)c[nH]c(=O)c1[N+](=O)[O-]. The quantitative estimate of drug-likeness (QED) is 0.606. The summed E-state index contributed by atoms with van der Waals surface area (Å²) in [5.74, 6) is -0.897. The minimum Gasteiger partial charge on any atom is -0.404 e. The van der Waals surface area contributed by atoms with Crippen LogP contribution in [0.2, 0.25) is 0 Å². The van der Waals surface area contributed by atoms with Gasteiger partial charge in [0.15, 0.2) is 5.75 Å². The highest BCUT2D eigenvalue weighted by Crippen LogP contribution is 2.28. The van der Waals surface area contributed by atoms with Gasteiger partial charge in [-0.2, -0.15) is 0 Å². The van der Waals surface area contributed by atoms with Gasteiger partial charge in [-0.1, -0.05) is 0 Å². The molecule has 1 aromatic rings. The van der Waals surface area contributed by atoms with Gasteiger partial charge in [0.25, 0.3) is 0 Å². The Balaban J connectivity index is 3.39. The van der Waals surface area contributed by atoms with Crippen LogP contribution in [0.25, 0.3) is 0 Å². The number of ether oxygens (including phenoxy) is 1. The Labute approximate surface area is 91.1 Å². The van der Waals surface area contributed by atoms with Crippen molar-refractivity contribution in [2.45, 2.75) is 12.9 Å². The van der Waals surface area contributed by atoms with Crippen molar-refractivity contribution >= 4 is 5.69 Å². The first-order chi connectivity index (χ1) is 7.76. The minimum absolute atomic E-state index is 0.574. The Morgan fingerprint density at radius 1 is 1.53 bits per heavy atom. The Bertz CT molecular complexity index is 496. The van der Waals surface area contributed by atoms with Crippen LogP contribution in [0.4, 0.5) is 18.9 Å². The number of aromatic amines is 1. The van der Waals surface area contributed by atoms with Crippen LogP contribution >= 0.6 is 0 Å². The monoisotopic (exact) mass is 253 g/mol. The Morgan fingerprint density at radius 3 is 2.53 bits per heavy atom. The van der Waals surface area contributed by atoms with Gasteiger partial charge < -0.3 is 15.5 Å². The molecule has 0 aliphatic carbocycles. The number of alkyl halides is 3. The summed E-state index contributed by atoms with van der Waals surface area (Å²) >= 11 is 0. The lowest BCUT2D eigenvalue weighted by Crippen LogP contribution is -2.22. The molecule has 0 fully saturated rings. The van der Waals surface area contributed by atoms with E-state index in [-0.39, 0.29) is 0 Å². The number of aromatic nitrogens is 1. The highest BCUT2D eigenvalue weighted by Gasteiger charge is 2.34. The molecule has 0 aromatic carbocycles. The predicted octanol–water partition coefficient (Wildman–Crippen LogP) is 0.640. The molecule has 0 aliphatic rings. The molecule has 1 heterocycles. The van der Waals surface area contributed by atoms with Crippen molar-refractivity contribution in [3.63, 3.8) is 0 Å². The summed E-state index contributed by atoms with van der Waals surface area (Å²) in [7, 11) is 0. The number of nitrogens with one attached hydrogen (secondary N) is 1. The summed E-state index contributed by atoms with van der Waals surface area (Å²) in [6.07, 6.45) is -4.46. The van der Waals surface area contributed by atoms with E-state index >= 15 is 0 Å². The van der Waals surface area contributed by atoms with Crippen molar-refractivity contribution in [3.8, 4) is 5.75 Å². The zero-order chi connectivity index (χ0) is 13.2. The number of halogens is 3. The number of nitrogens with zero attached hydrogens (tertiary/aromatic N) is 1. The van der Waals surface area contributed by atoms with Crippen molar-refractivity contribution in [3.05, 3.63) is 32.2 Å². The molecule has 1 aromatic heterocycles. The standard InChI is InChI=1S/C7H6F3N3O4/c8-7(9,10)17-4-2-12-6(14)5(13(15)16)3(4)1-11/h2H,1,11H2,(H,12,14). The molecule has 0 atom stereocenters. The van der Waals surface area contributed by atoms with Crippen LogP contribution in [0.5, 0.6) is 5.75 Å². The largest absolute Gasteiger partial charge is 0.573 e. The molecule has 7 nitrogen and oxygen atoms in total. The van der Waals surface area contributed by atoms with E-state index in [2.05, 4.69) is 4.74 Å². The molecule has 0 radical (unpaired) electrons. The summed E-state index contributed by atoms with van der Waals surface area (Å²) in [5, 5.41) is 10.5. The zero-order valence-electron chi connectivity index (χ0n) is 8.08. The van der Waals surface area contributed by atoms with Crippen LogP contribution in [0.3, 0.4) is 0 Å². The number of hydrogen-bond donors (Lipinski definition) is 2. The summed E-state index contributed by atoms with van der Waals surface area (Å²) < 4.78 is 39.4. The van der Waals surface area contributed by atoms with Crippen molar-refractivity contribution in [1.82, 2.24) is 4.98 Å². The van der Waals surface area contributed by atoms with Gasteiger partial charge in [-0.15, -0.1) is 13.2 Å². The molecule has 3 N–H and O–H groups in total. The van der Waals surface area contributed by atoms with Crippen molar-refractivity contribution in [2.24, 2.45) is 5.73 Å². The molecule has 0 saturated heterocycles. The summed E-state index contributed by atoms with van der Waals surface area (Å²) in [5.41, 5.74) is 2.25. The summed E-state index contributed by atoms with van der Waals surface area (Å²) in [6, 6.07) is 0. The molecule has 0 saturated carbocycles. The molecule has 0 bridgehead atoms. The van der Waals surface area contributed by atoms with E-state index in [0.717, 1.165) is 0 Å². The normalized spacial score (nSPS) is 11.3. The number of nitro groups is 1. The first kappa shape index (κ1) is 13.0. The third-order valence-corrected chi connectivity index (χ3v) is 1.75. The fourth-order valence-corrected chi connectivity index (χ4v) is 1.15. The summed E-state index contributed by atoms with van der Waals surface area (Å²) in [4.78, 5) is 22.2. The van der Waals surface area contributed by atoms with Crippen LogP contribution in [0, 0.1) is 10.1 Å². The van der Waals surface area contributed by atoms with Crippen molar-refractivity contribution in [1.29, 1.82) is 0 Å². The van der Waals surface area contributed by atoms with Gasteiger partial charge in [0.2, 0.25) is 0 Å². The number of H-pyrrole nitrogens is 1. The van der Waals surface area contributed by atoms with E-state index in [9.17, 15) is 28.1 Å². The Morgan fingerprint density at radius 2 is 2.12 bits per heavy atom. The molecule has 0 unspecified atom stereocenters. The van der Waals surface area contributed by atoms with Crippen LogP contribution in [0.1, 0.15) is 5.56 Å². The van der Waals surface area contributed by atoms with Crippen molar-refractivity contribution in [2.75, 3.05) is 0 Å². The number of hydrogen-bond acceptors (Lipinski definition) is 5. The fourth-order valence-electron chi connectivity index (χ4n) is 1.15. The molecular weight excluding hydrogens is 247 g/mol. The van der Waals surface area contributed by atoms with Crippen LogP contribution in [-0.2, 0) is 6.54 Å². The van der Waals surface area contributed by atoms with Gasteiger partial charge in [-0.25, -0.2) is 0 Å². The number of nitrogens with two attached hydrogens (primary N) is 1.